The van der Waals surface area contributed by atoms with E-state index < -0.39 is 0 Å². The number of aliphatic hydroxyl groups excluding tert-OH is 1. The molecule has 0 spiro atoms. The van der Waals surface area contributed by atoms with Crippen molar-refractivity contribution in [2.45, 2.75) is 18.9 Å². The zero-order valence-corrected chi connectivity index (χ0v) is 17.2. The molecule has 28 heavy (non-hydrogen) atoms. The number of halogens is 2. The van der Waals surface area contributed by atoms with Crippen LogP contribution in [0.1, 0.15) is 18.4 Å². The van der Waals surface area contributed by atoms with Crippen LogP contribution in [0.4, 0.5) is 0 Å². The van der Waals surface area contributed by atoms with E-state index in [-0.39, 0.29) is 24.5 Å². The lowest BCUT2D eigenvalue weighted by Gasteiger charge is -2.34. The van der Waals surface area contributed by atoms with E-state index >= 15 is 0 Å². The van der Waals surface area contributed by atoms with Crippen molar-refractivity contribution in [1.29, 1.82) is 0 Å². The summed E-state index contributed by atoms with van der Waals surface area (Å²) in [6.45, 7) is 4.39. The molecule has 152 valence electrons. The first-order valence-corrected chi connectivity index (χ1v) is 10.3. The number of β-amino-alcohol motifs (C(OH)–C–C–N with tert-alkyl or cyclic N) is 1. The van der Waals surface area contributed by atoms with Crippen LogP contribution in [-0.4, -0.2) is 83.5 Å². The van der Waals surface area contributed by atoms with Crippen LogP contribution in [0.5, 0.6) is 0 Å². The summed E-state index contributed by atoms with van der Waals surface area (Å²) in [4.78, 5) is 30.3. The lowest BCUT2D eigenvalue weighted by atomic mass is 10.2. The topological polar surface area (TPSA) is 64.1 Å². The van der Waals surface area contributed by atoms with E-state index in [0.717, 1.165) is 38.0 Å². The molecule has 2 amide bonds. The van der Waals surface area contributed by atoms with Crippen molar-refractivity contribution in [2.75, 3.05) is 45.8 Å². The Morgan fingerprint density at radius 2 is 2.00 bits per heavy atom. The number of rotatable bonds is 6. The molecule has 1 N–H and O–H groups in total. The van der Waals surface area contributed by atoms with Crippen LogP contribution < -0.4 is 0 Å². The van der Waals surface area contributed by atoms with Gasteiger partial charge in [0.15, 0.2) is 0 Å². The fourth-order valence-corrected chi connectivity index (χ4v) is 3.83. The van der Waals surface area contributed by atoms with Crippen LogP contribution >= 0.6 is 23.2 Å². The molecule has 2 fully saturated rings. The fourth-order valence-electron chi connectivity index (χ4n) is 3.52. The minimum Gasteiger partial charge on any atom is -0.392 e. The first-order valence-electron chi connectivity index (χ1n) is 9.52. The summed E-state index contributed by atoms with van der Waals surface area (Å²) < 4.78 is 0. The van der Waals surface area contributed by atoms with Crippen LogP contribution in [0.15, 0.2) is 24.3 Å². The van der Waals surface area contributed by atoms with Crippen LogP contribution in [0.2, 0.25) is 10.0 Å². The van der Waals surface area contributed by atoms with Crippen molar-refractivity contribution in [2.24, 2.45) is 0 Å². The summed E-state index contributed by atoms with van der Waals surface area (Å²) in [6.07, 6.45) is 4.62. The minimum absolute atomic E-state index is 0.0241. The molecule has 2 aliphatic rings. The number of piperazine rings is 1. The van der Waals surface area contributed by atoms with Gasteiger partial charge >= 0.3 is 0 Å². The Labute approximate surface area is 175 Å². The number of nitrogens with zero attached hydrogens (tertiary/aromatic N) is 3. The van der Waals surface area contributed by atoms with Crippen LogP contribution in [0.25, 0.3) is 6.08 Å². The van der Waals surface area contributed by atoms with Crippen LogP contribution in [-0.2, 0) is 9.59 Å². The van der Waals surface area contributed by atoms with E-state index in [1.807, 2.05) is 4.90 Å². The van der Waals surface area contributed by atoms with Crippen LogP contribution in [0, 0.1) is 0 Å². The summed E-state index contributed by atoms with van der Waals surface area (Å²) in [7, 11) is 0. The average molecular weight is 426 g/mol. The van der Waals surface area contributed by atoms with Gasteiger partial charge in [0.1, 0.15) is 6.54 Å². The normalized spacial score (nSPS) is 21.1. The highest BCUT2D eigenvalue weighted by atomic mass is 35.5. The highest BCUT2D eigenvalue weighted by molar-refractivity contribution is 6.42. The molecule has 1 aromatic carbocycles. The first kappa shape index (κ1) is 21.1. The second-order valence-electron chi connectivity index (χ2n) is 7.24. The third-order valence-electron chi connectivity index (χ3n) is 5.14. The highest BCUT2D eigenvalue weighted by Crippen LogP contribution is 2.23. The van der Waals surface area contributed by atoms with Gasteiger partial charge in [-0.25, -0.2) is 0 Å². The number of hydrogen-bond acceptors (Lipinski definition) is 4. The van der Waals surface area contributed by atoms with Crippen molar-refractivity contribution >= 4 is 41.1 Å². The van der Waals surface area contributed by atoms with Gasteiger partial charge in [0, 0.05) is 38.8 Å². The molecule has 0 aliphatic carbocycles. The second-order valence-corrected chi connectivity index (χ2v) is 8.06. The van der Waals surface area contributed by atoms with Gasteiger partial charge < -0.3 is 19.8 Å². The molecule has 1 aromatic rings. The van der Waals surface area contributed by atoms with Crippen molar-refractivity contribution < 1.29 is 14.7 Å². The molecule has 1 unspecified atom stereocenters. The number of carbonyl (C=O) groups excluding carboxylic acids is 2. The molecule has 0 radical (unpaired) electrons. The van der Waals surface area contributed by atoms with Crippen molar-refractivity contribution in [3.63, 3.8) is 0 Å². The highest BCUT2D eigenvalue weighted by Gasteiger charge is 2.26. The minimum atomic E-state index is -0.215. The molecule has 0 bridgehead atoms. The number of amides is 2. The quantitative estimate of drug-likeness (QED) is 0.709. The Kier molecular flexibility index (Phi) is 7.35. The number of likely N-dealkylation sites (tertiary alicyclic amines) is 1. The van der Waals surface area contributed by atoms with Gasteiger partial charge in [-0.1, -0.05) is 29.3 Å². The predicted octanol–water partition coefficient (Wildman–Crippen LogP) is 2.13. The monoisotopic (exact) mass is 425 g/mol. The van der Waals surface area contributed by atoms with E-state index in [2.05, 4.69) is 4.90 Å². The number of carbonyl (C=O) groups is 2. The third kappa shape index (κ3) is 5.70. The first-order chi connectivity index (χ1) is 13.4. The maximum Gasteiger partial charge on any atom is 0.247 e. The average Bonchev–Trinajstić information content (AvgIpc) is 3.09. The molecule has 6 nitrogen and oxygen atoms in total. The lowest BCUT2D eigenvalue weighted by molar-refractivity contribution is -0.142. The maximum atomic E-state index is 12.4. The van der Waals surface area contributed by atoms with Gasteiger partial charge in [-0.15, -0.1) is 0 Å². The summed E-state index contributed by atoms with van der Waals surface area (Å²) in [5, 5.41) is 10.5. The number of hydrogen-bond donors (Lipinski definition) is 1. The van der Waals surface area contributed by atoms with Gasteiger partial charge in [0.2, 0.25) is 11.8 Å². The Hall–Kier alpha value is -1.60. The molecule has 1 atom stereocenters. The van der Waals surface area contributed by atoms with Gasteiger partial charge in [0.05, 0.1) is 16.1 Å². The van der Waals surface area contributed by atoms with Crippen molar-refractivity contribution in [3.05, 3.63) is 39.9 Å². The smallest absolute Gasteiger partial charge is 0.247 e. The largest absolute Gasteiger partial charge is 0.392 e. The molecule has 3 rings (SSSR count). The van der Waals surface area contributed by atoms with Gasteiger partial charge in [-0.05, 0) is 43.2 Å². The van der Waals surface area contributed by atoms with Gasteiger partial charge in [-0.3, -0.25) is 9.59 Å². The summed E-state index contributed by atoms with van der Waals surface area (Å²) in [6, 6.07) is 5.15. The SMILES string of the molecule is O=C(C=Cc1ccc(Cl)c(Cl)c1)N1CCN(CCCN2CCC(O)C2)C(=O)C1. The molecule has 8 heteroatoms. The maximum absolute atomic E-state index is 12.4. The Morgan fingerprint density at radius 1 is 1.18 bits per heavy atom. The molecule has 0 aromatic heterocycles. The van der Waals surface area contributed by atoms with E-state index in [9.17, 15) is 14.7 Å². The molecule has 2 saturated heterocycles. The van der Waals surface area contributed by atoms with Crippen molar-refractivity contribution in [1.82, 2.24) is 14.7 Å². The van der Waals surface area contributed by atoms with Crippen molar-refractivity contribution in [3.8, 4) is 0 Å². The van der Waals surface area contributed by atoms with E-state index in [0.29, 0.717) is 29.7 Å². The van der Waals surface area contributed by atoms with E-state index in [4.69, 9.17) is 23.2 Å². The molecule has 2 aliphatic heterocycles. The summed E-state index contributed by atoms with van der Waals surface area (Å²) in [5.74, 6) is -0.214. The Bertz CT molecular complexity index is 756. The number of benzene rings is 1. The molecule has 2 heterocycles. The predicted molar refractivity (Wildman–Crippen MR) is 110 cm³/mol. The van der Waals surface area contributed by atoms with Gasteiger partial charge in [0.25, 0.3) is 0 Å². The van der Waals surface area contributed by atoms with Crippen LogP contribution in [0.3, 0.4) is 0 Å². The molecular formula is C20H25Cl2N3O3. The molecular weight excluding hydrogens is 401 g/mol. The Morgan fingerprint density at radius 3 is 2.68 bits per heavy atom. The zero-order chi connectivity index (χ0) is 20.1. The lowest BCUT2D eigenvalue weighted by Crippen LogP contribution is -2.52. The summed E-state index contributed by atoms with van der Waals surface area (Å²) in [5.41, 5.74) is 0.778. The van der Waals surface area contributed by atoms with Gasteiger partial charge in [-0.2, -0.15) is 0 Å². The van der Waals surface area contributed by atoms with E-state index in [1.54, 1.807) is 29.2 Å². The fraction of sp³-hybridized carbons (Fsp3) is 0.500. The second kappa shape index (κ2) is 9.74. The standard InChI is InChI=1S/C20H25Cl2N3O3/c21-17-4-2-15(12-18(17)22)3-5-19(27)25-11-10-24(20(28)14-25)8-1-7-23-9-6-16(26)13-23/h2-5,12,16,26H,1,6-11,13-14H2. The zero-order valence-electron chi connectivity index (χ0n) is 15.7. The Balaban J connectivity index is 1.43. The number of aliphatic hydroxyl groups is 1. The third-order valence-corrected chi connectivity index (χ3v) is 5.88. The summed E-state index contributed by atoms with van der Waals surface area (Å²) >= 11 is 11.9. The molecule has 0 saturated carbocycles. The van der Waals surface area contributed by atoms with E-state index in [1.165, 1.54) is 6.08 Å².